The van der Waals surface area contributed by atoms with E-state index in [1.54, 1.807) is 29.3 Å². The van der Waals surface area contributed by atoms with E-state index in [2.05, 4.69) is 15.5 Å². The summed E-state index contributed by atoms with van der Waals surface area (Å²) < 4.78 is 3.14. The average molecular weight is 328 g/mol. The fraction of sp³-hybridized carbons (Fsp3) is 0.0714. The fourth-order valence-corrected chi connectivity index (χ4v) is 2.02. The molecule has 10 nitrogen and oxygen atoms in total. The number of anilines is 1. The molecule has 0 bridgehead atoms. The average Bonchev–Trinajstić information content (AvgIpc) is 3.21. The van der Waals surface area contributed by atoms with E-state index < -0.39 is 10.8 Å². The molecular formula is C14H12N6O4. The molecule has 0 saturated heterocycles. The molecule has 0 aliphatic carbocycles. The molecule has 2 N–H and O–H groups in total. The van der Waals surface area contributed by atoms with Gasteiger partial charge >= 0.3 is 0 Å². The Kier molecular flexibility index (Phi) is 3.93. The van der Waals surface area contributed by atoms with Crippen LogP contribution in [0.15, 0.2) is 48.9 Å². The molecule has 0 spiro atoms. The predicted octanol–water partition coefficient (Wildman–Crippen LogP) is 1.45. The summed E-state index contributed by atoms with van der Waals surface area (Å²) in [5.41, 5.74) is -0.198. The van der Waals surface area contributed by atoms with Gasteiger partial charge in [-0.1, -0.05) is 0 Å². The minimum atomic E-state index is -0.617. The first-order valence-corrected chi connectivity index (χ1v) is 6.82. The van der Waals surface area contributed by atoms with Gasteiger partial charge in [0.2, 0.25) is 0 Å². The largest absolute Gasteiger partial charge is 0.506 e. The van der Waals surface area contributed by atoms with Crippen molar-refractivity contribution >= 4 is 17.3 Å². The van der Waals surface area contributed by atoms with Crippen molar-refractivity contribution in [3.63, 3.8) is 0 Å². The molecule has 1 aromatic carbocycles. The summed E-state index contributed by atoms with van der Waals surface area (Å²) in [6, 6.07) is 6.62. The summed E-state index contributed by atoms with van der Waals surface area (Å²) in [7, 11) is 0. The molecule has 1 amide bonds. The number of carbonyl (C=O) groups excluding carboxylic acids is 1. The highest BCUT2D eigenvalue weighted by atomic mass is 16.6. The molecule has 10 heteroatoms. The second-order valence-electron chi connectivity index (χ2n) is 4.84. The van der Waals surface area contributed by atoms with Crippen LogP contribution in [-0.4, -0.2) is 35.5 Å². The molecule has 0 aliphatic rings. The second-order valence-corrected chi connectivity index (χ2v) is 4.84. The quantitative estimate of drug-likeness (QED) is 0.414. The highest BCUT2D eigenvalue weighted by Gasteiger charge is 2.15. The van der Waals surface area contributed by atoms with Crippen LogP contribution in [0, 0.1) is 10.1 Å². The number of phenols is 1. The van der Waals surface area contributed by atoms with Gasteiger partial charge < -0.3 is 10.4 Å². The number of amides is 1. The summed E-state index contributed by atoms with van der Waals surface area (Å²) in [5.74, 6) is -0.866. The van der Waals surface area contributed by atoms with E-state index in [9.17, 15) is 20.0 Å². The lowest BCUT2D eigenvalue weighted by Crippen LogP contribution is -2.15. The van der Waals surface area contributed by atoms with Crippen LogP contribution in [0.25, 0.3) is 0 Å². The molecular weight excluding hydrogens is 316 g/mol. The van der Waals surface area contributed by atoms with Gasteiger partial charge in [-0.3, -0.25) is 24.3 Å². The molecule has 0 saturated carbocycles. The van der Waals surface area contributed by atoms with Crippen LogP contribution in [0.4, 0.5) is 11.4 Å². The predicted molar refractivity (Wildman–Crippen MR) is 82.6 cm³/mol. The van der Waals surface area contributed by atoms with Crippen molar-refractivity contribution in [3.8, 4) is 5.75 Å². The number of rotatable bonds is 5. The van der Waals surface area contributed by atoms with Crippen molar-refractivity contribution in [2.45, 2.75) is 6.67 Å². The summed E-state index contributed by atoms with van der Waals surface area (Å²) in [5, 5.41) is 31.0. The third-order valence-corrected chi connectivity index (χ3v) is 3.16. The molecule has 0 fully saturated rings. The Balaban J connectivity index is 1.74. The van der Waals surface area contributed by atoms with Gasteiger partial charge in [0, 0.05) is 30.7 Å². The number of hydrogen-bond donors (Lipinski definition) is 2. The second kappa shape index (κ2) is 6.20. The minimum absolute atomic E-state index is 0.0594. The summed E-state index contributed by atoms with van der Waals surface area (Å²) in [4.78, 5) is 22.3. The van der Waals surface area contributed by atoms with Crippen molar-refractivity contribution < 1.29 is 14.8 Å². The monoisotopic (exact) mass is 328 g/mol. The lowest BCUT2D eigenvalue weighted by molar-refractivity contribution is -0.384. The number of phenolic OH excluding ortho intramolecular Hbond substituents is 1. The molecule has 122 valence electrons. The van der Waals surface area contributed by atoms with E-state index >= 15 is 0 Å². The third-order valence-electron chi connectivity index (χ3n) is 3.16. The van der Waals surface area contributed by atoms with Gasteiger partial charge in [-0.2, -0.15) is 10.2 Å². The van der Waals surface area contributed by atoms with Gasteiger partial charge in [-0.15, -0.1) is 0 Å². The first-order valence-electron chi connectivity index (χ1n) is 6.82. The van der Waals surface area contributed by atoms with E-state index in [1.165, 1.54) is 10.7 Å². The van der Waals surface area contributed by atoms with Crippen LogP contribution >= 0.6 is 0 Å². The summed E-state index contributed by atoms with van der Waals surface area (Å²) in [6.45, 7) is 0.336. The highest BCUT2D eigenvalue weighted by molar-refractivity contribution is 6.03. The number of benzene rings is 1. The van der Waals surface area contributed by atoms with Crippen LogP contribution in [0.1, 0.15) is 10.5 Å². The Labute approximate surface area is 135 Å². The first kappa shape index (κ1) is 15.2. The Morgan fingerprint density at radius 3 is 2.83 bits per heavy atom. The molecule has 24 heavy (non-hydrogen) atoms. The number of aromatic hydroxyl groups is 1. The zero-order valence-corrected chi connectivity index (χ0v) is 12.2. The molecule has 0 radical (unpaired) electrons. The topological polar surface area (TPSA) is 128 Å². The fourth-order valence-electron chi connectivity index (χ4n) is 2.02. The Morgan fingerprint density at radius 1 is 1.29 bits per heavy atom. The van der Waals surface area contributed by atoms with Crippen LogP contribution in [0.3, 0.4) is 0 Å². The van der Waals surface area contributed by atoms with Gasteiger partial charge in [0.05, 0.1) is 10.6 Å². The van der Waals surface area contributed by atoms with Crippen LogP contribution in [-0.2, 0) is 6.67 Å². The Bertz CT molecular complexity index is 887. The van der Waals surface area contributed by atoms with E-state index in [1.807, 2.05) is 0 Å². The summed E-state index contributed by atoms with van der Waals surface area (Å²) >= 11 is 0. The molecule has 0 unspecified atom stereocenters. The number of carbonyl (C=O) groups is 1. The maximum Gasteiger partial charge on any atom is 0.276 e. The van der Waals surface area contributed by atoms with Crippen molar-refractivity contribution in [1.82, 2.24) is 19.6 Å². The Morgan fingerprint density at radius 2 is 2.12 bits per heavy atom. The number of nitro groups is 1. The van der Waals surface area contributed by atoms with E-state index in [4.69, 9.17) is 0 Å². The van der Waals surface area contributed by atoms with Gasteiger partial charge in [-0.25, -0.2) is 0 Å². The van der Waals surface area contributed by atoms with E-state index in [0.29, 0.717) is 6.67 Å². The van der Waals surface area contributed by atoms with Crippen LogP contribution in [0.5, 0.6) is 5.75 Å². The third kappa shape index (κ3) is 3.21. The minimum Gasteiger partial charge on any atom is -0.506 e. The molecule has 0 atom stereocenters. The number of hydrogen-bond acceptors (Lipinski definition) is 6. The molecule has 3 rings (SSSR count). The standard InChI is InChI=1S/C14H12N6O4/c21-13-3-2-10(20(23)24)8-12(13)16-14(22)11-4-7-19(17-11)9-18-6-1-5-15-18/h1-8,21H,9H2,(H,16,22). The molecule has 2 heterocycles. The van der Waals surface area contributed by atoms with E-state index in [0.717, 1.165) is 18.2 Å². The zero-order valence-electron chi connectivity index (χ0n) is 12.2. The molecule has 3 aromatic rings. The van der Waals surface area contributed by atoms with E-state index in [-0.39, 0.29) is 22.8 Å². The maximum atomic E-state index is 12.2. The SMILES string of the molecule is O=C(Nc1cc([N+](=O)[O-])ccc1O)c1ccn(Cn2cccn2)n1. The lowest BCUT2D eigenvalue weighted by atomic mass is 10.2. The van der Waals surface area contributed by atoms with Crippen LogP contribution < -0.4 is 5.32 Å². The van der Waals surface area contributed by atoms with Gasteiger partial charge in [0.25, 0.3) is 11.6 Å². The molecule has 2 aromatic heterocycles. The lowest BCUT2D eigenvalue weighted by Gasteiger charge is -2.05. The number of aromatic nitrogens is 4. The van der Waals surface area contributed by atoms with Crippen molar-refractivity contribution in [1.29, 1.82) is 0 Å². The van der Waals surface area contributed by atoms with Gasteiger partial charge in [0.15, 0.2) is 5.69 Å². The maximum absolute atomic E-state index is 12.2. The normalized spacial score (nSPS) is 10.5. The van der Waals surface area contributed by atoms with Crippen molar-refractivity contribution in [2.75, 3.05) is 5.32 Å². The Hall–Kier alpha value is -3.69. The summed E-state index contributed by atoms with van der Waals surface area (Å²) in [6.07, 6.45) is 4.98. The molecule has 0 aliphatic heterocycles. The zero-order chi connectivity index (χ0) is 17.1. The van der Waals surface area contributed by atoms with Crippen molar-refractivity contribution in [3.05, 3.63) is 64.7 Å². The number of nitrogens with zero attached hydrogens (tertiary/aromatic N) is 5. The number of non-ortho nitro benzene ring substituents is 1. The van der Waals surface area contributed by atoms with Crippen LogP contribution in [0.2, 0.25) is 0 Å². The smallest absolute Gasteiger partial charge is 0.276 e. The van der Waals surface area contributed by atoms with Gasteiger partial charge in [-0.05, 0) is 18.2 Å². The van der Waals surface area contributed by atoms with Crippen molar-refractivity contribution in [2.24, 2.45) is 0 Å². The highest BCUT2D eigenvalue weighted by Crippen LogP contribution is 2.28. The number of nitrogens with one attached hydrogen (secondary N) is 1. The first-order chi connectivity index (χ1) is 11.5. The van der Waals surface area contributed by atoms with Gasteiger partial charge in [0.1, 0.15) is 12.4 Å². The number of nitro benzene ring substituents is 1.